The minimum atomic E-state index is 0. The summed E-state index contributed by atoms with van der Waals surface area (Å²) in [6.45, 7) is 0. The van der Waals surface area contributed by atoms with Crippen molar-refractivity contribution in [3.8, 4) is 0 Å². The lowest BCUT2D eigenvalue weighted by Gasteiger charge is -2.11. The maximum atomic E-state index is 6.22. The molecule has 0 saturated heterocycles. The van der Waals surface area contributed by atoms with Crippen LogP contribution in [0.5, 0.6) is 0 Å². The average molecular weight is 411 g/mol. The molecule has 4 N–H and O–H groups in total. The van der Waals surface area contributed by atoms with E-state index in [1.54, 1.807) is 6.20 Å². The summed E-state index contributed by atoms with van der Waals surface area (Å²) in [5.74, 6) is 1.05. The third-order valence-electron chi connectivity index (χ3n) is 4.02. The van der Waals surface area contributed by atoms with E-state index in [9.17, 15) is 0 Å². The zero-order valence-electron chi connectivity index (χ0n) is 13.7. The summed E-state index contributed by atoms with van der Waals surface area (Å²) in [5, 5.41) is 6.93. The van der Waals surface area contributed by atoms with E-state index in [4.69, 9.17) is 17.3 Å². The monoisotopic (exact) mass is 409 g/mol. The second-order valence-corrected chi connectivity index (χ2v) is 6.16. The summed E-state index contributed by atoms with van der Waals surface area (Å²) in [5.41, 5.74) is 11.1. The van der Waals surface area contributed by atoms with Gasteiger partial charge in [0, 0.05) is 17.1 Å². The van der Waals surface area contributed by atoms with Crippen LogP contribution in [0.3, 0.4) is 0 Å². The smallest absolute Gasteiger partial charge is 0.229 e. The lowest BCUT2D eigenvalue weighted by atomic mass is 10.0. The van der Waals surface area contributed by atoms with Crippen LogP contribution in [-0.2, 0) is 12.8 Å². The number of rotatable bonds is 0. The molecule has 0 aliphatic carbocycles. The molecule has 8 heteroatoms. The molecule has 1 aliphatic rings. The third kappa shape index (κ3) is 4.30. The van der Waals surface area contributed by atoms with Crippen LogP contribution >= 0.6 is 36.4 Å². The van der Waals surface area contributed by atoms with Crippen molar-refractivity contribution < 1.29 is 0 Å². The minimum Gasteiger partial charge on any atom is -0.399 e. The maximum Gasteiger partial charge on any atom is 0.229 e. The van der Waals surface area contributed by atoms with Crippen molar-refractivity contribution in [1.82, 2.24) is 9.97 Å². The third-order valence-corrected chi connectivity index (χ3v) is 4.29. The normalized spacial score (nSPS) is 11.9. The van der Waals surface area contributed by atoms with E-state index < -0.39 is 0 Å². The van der Waals surface area contributed by atoms with Gasteiger partial charge in [-0.25, -0.2) is 4.98 Å². The lowest BCUT2D eigenvalue weighted by Crippen LogP contribution is -2.02. The molecule has 0 atom stereocenters. The number of benzene rings is 2. The van der Waals surface area contributed by atoms with Gasteiger partial charge in [-0.2, -0.15) is 4.98 Å². The zero-order chi connectivity index (χ0) is 16.5. The molecule has 4 rings (SSSR count). The highest BCUT2D eigenvalue weighted by Gasteiger charge is 2.10. The van der Waals surface area contributed by atoms with Gasteiger partial charge in [0.2, 0.25) is 5.95 Å². The number of nitrogen functional groups attached to an aromatic ring is 1. The summed E-state index contributed by atoms with van der Waals surface area (Å²) in [4.78, 5) is 8.71. The molecule has 26 heavy (non-hydrogen) atoms. The molecule has 1 aliphatic heterocycles. The van der Waals surface area contributed by atoms with E-state index in [1.165, 1.54) is 5.56 Å². The summed E-state index contributed by atoms with van der Waals surface area (Å²) in [7, 11) is 0. The van der Waals surface area contributed by atoms with Crippen molar-refractivity contribution in [2.75, 3.05) is 16.4 Å². The maximum absolute atomic E-state index is 6.22. The molecule has 136 valence electrons. The van der Waals surface area contributed by atoms with Gasteiger partial charge in [0.1, 0.15) is 5.02 Å². The van der Waals surface area contributed by atoms with Crippen molar-refractivity contribution in [2.45, 2.75) is 12.8 Å². The van der Waals surface area contributed by atoms with Crippen LogP contribution in [0, 0.1) is 0 Å². The Bertz CT molecular complexity index is 917. The number of fused-ring (bicyclic) bond motifs is 6. The molecule has 1 aromatic heterocycles. The number of aromatic nitrogens is 2. The molecule has 0 unspecified atom stereocenters. The van der Waals surface area contributed by atoms with Crippen LogP contribution in [0.1, 0.15) is 11.1 Å². The van der Waals surface area contributed by atoms with Crippen LogP contribution in [0.4, 0.5) is 28.8 Å². The highest BCUT2D eigenvalue weighted by Crippen LogP contribution is 2.28. The van der Waals surface area contributed by atoms with Gasteiger partial charge in [-0.1, -0.05) is 23.7 Å². The Balaban J connectivity index is 0.00000121. The molecular formula is C18H18Cl3N5. The molecular weight excluding hydrogens is 393 g/mol. The number of nitrogens with one attached hydrogen (secondary N) is 2. The standard InChI is InChI=1S/C18H16ClN5.2ClH/c19-15-10-21-18-23-13-3-1-2-11(8-13)4-5-12-9-14(6-7-16(12)20)22-17(15)24-18;;/h1-3,6-10H,4-5,20H2,(H2,21,22,23,24);2*1H. The van der Waals surface area contributed by atoms with Crippen LogP contribution in [0.15, 0.2) is 48.7 Å². The van der Waals surface area contributed by atoms with Gasteiger partial charge >= 0.3 is 0 Å². The highest BCUT2D eigenvalue weighted by atomic mass is 35.5. The predicted octanol–water partition coefficient (Wildman–Crippen LogP) is 5.14. The first-order chi connectivity index (χ1) is 11.7. The van der Waals surface area contributed by atoms with Crippen LogP contribution < -0.4 is 16.4 Å². The fourth-order valence-electron chi connectivity index (χ4n) is 2.76. The largest absolute Gasteiger partial charge is 0.399 e. The first-order valence-electron chi connectivity index (χ1n) is 7.71. The van der Waals surface area contributed by atoms with E-state index in [-0.39, 0.29) is 24.8 Å². The molecule has 6 bridgehead atoms. The Hall–Kier alpha value is -2.21. The van der Waals surface area contributed by atoms with Crippen molar-refractivity contribution in [3.05, 3.63) is 64.8 Å². The number of anilines is 5. The van der Waals surface area contributed by atoms with Gasteiger partial charge in [0.25, 0.3) is 0 Å². The highest BCUT2D eigenvalue weighted by molar-refractivity contribution is 6.32. The summed E-state index contributed by atoms with van der Waals surface area (Å²) in [6, 6.07) is 14.1. The molecule has 2 aromatic carbocycles. The second kappa shape index (κ2) is 8.45. The quantitative estimate of drug-likeness (QED) is 0.447. The number of halogens is 3. The van der Waals surface area contributed by atoms with Gasteiger partial charge in [-0.05, 0) is 54.3 Å². The van der Waals surface area contributed by atoms with E-state index in [0.717, 1.165) is 35.5 Å². The van der Waals surface area contributed by atoms with Crippen LogP contribution in [0.25, 0.3) is 0 Å². The zero-order valence-corrected chi connectivity index (χ0v) is 16.1. The number of hydrogen-bond acceptors (Lipinski definition) is 5. The van der Waals surface area contributed by atoms with Crippen molar-refractivity contribution in [1.29, 1.82) is 0 Å². The van der Waals surface area contributed by atoms with Crippen molar-refractivity contribution >= 4 is 65.2 Å². The minimum absolute atomic E-state index is 0. The average Bonchev–Trinajstić information content (AvgIpc) is 2.58. The number of aryl methyl sites for hydroxylation is 2. The molecule has 3 aromatic rings. The van der Waals surface area contributed by atoms with E-state index >= 15 is 0 Å². The van der Waals surface area contributed by atoms with Crippen molar-refractivity contribution in [3.63, 3.8) is 0 Å². The van der Waals surface area contributed by atoms with E-state index in [0.29, 0.717) is 16.8 Å². The predicted molar refractivity (Wildman–Crippen MR) is 113 cm³/mol. The molecule has 2 heterocycles. The molecule has 0 amide bonds. The van der Waals surface area contributed by atoms with Gasteiger partial charge < -0.3 is 16.4 Å². The van der Waals surface area contributed by atoms with Crippen LogP contribution in [-0.4, -0.2) is 9.97 Å². The van der Waals surface area contributed by atoms with E-state index in [2.05, 4.69) is 32.7 Å². The van der Waals surface area contributed by atoms with Gasteiger partial charge in [-0.3, -0.25) is 0 Å². The summed E-state index contributed by atoms with van der Waals surface area (Å²) < 4.78 is 0. The lowest BCUT2D eigenvalue weighted by molar-refractivity contribution is 0.964. The van der Waals surface area contributed by atoms with E-state index in [1.807, 2.05) is 30.3 Å². The molecule has 5 nitrogen and oxygen atoms in total. The van der Waals surface area contributed by atoms with Crippen LogP contribution in [0.2, 0.25) is 5.02 Å². The Kier molecular flexibility index (Phi) is 6.53. The Morgan fingerprint density at radius 1 is 0.962 bits per heavy atom. The summed E-state index contributed by atoms with van der Waals surface area (Å²) in [6.07, 6.45) is 3.35. The Labute approximate surface area is 169 Å². The Morgan fingerprint density at radius 3 is 2.62 bits per heavy atom. The molecule has 0 radical (unpaired) electrons. The Morgan fingerprint density at radius 2 is 1.77 bits per heavy atom. The fraction of sp³-hybridized carbons (Fsp3) is 0.111. The topological polar surface area (TPSA) is 75.9 Å². The molecule has 0 spiro atoms. The first kappa shape index (κ1) is 20.1. The number of nitrogens with zero attached hydrogens (tertiary/aromatic N) is 2. The van der Waals surface area contributed by atoms with Gasteiger partial charge in [-0.15, -0.1) is 24.8 Å². The first-order valence-corrected chi connectivity index (χ1v) is 8.09. The fourth-order valence-corrected chi connectivity index (χ4v) is 2.90. The second-order valence-electron chi connectivity index (χ2n) is 5.75. The van der Waals surface area contributed by atoms with Gasteiger partial charge in [0.15, 0.2) is 5.82 Å². The number of nitrogens with two attached hydrogens (primary N) is 1. The number of hydrogen-bond donors (Lipinski definition) is 3. The van der Waals surface area contributed by atoms with Crippen molar-refractivity contribution in [2.24, 2.45) is 0 Å². The summed E-state index contributed by atoms with van der Waals surface area (Å²) >= 11 is 6.22. The molecule has 0 saturated carbocycles. The SMILES string of the molecule is Cl.Cl.Nc1ccc2cc1CCc1cccc(c1)Nc1ncc(Cl)c(n1)N2. The van der Waals surface area contributed by atoms with Gasteiger partial charge in [0.05, 0.1) is 6.20 Å². The molecule has 0 fully saturated rings.